The molecule has 1 aromatic heterocycles. The van der Waals surface area contributed by atoms with Crippen molar-refractivity contribution in [3.05, 3.63) is 78.2 Å². The minimum absolute atomic E-state index is 0.00000893. The number of thiazole rings is 1. The molecule has 1 atom stereocenters. The maximum Gasteiger partial charge on any atom is 0.269 e. The summed E-state index contributed by atoms with van der Waals surface area (Å²) in [5.41, 5.74) is 5.05. The quantitative estimate of drug-likeness (QED) is 0.466. The monoisotopic (exact) mass is 579 g/mol. The Labute approximate surface area is 240 Å². The molecule has 9 heteroatoms. The third-order valence-corrected chi connectivity index (χ3v) is 11.7. The van der Waals surface area contributed by atoms with E-state index in [2.05, 4.69) is 54.3 Å². The molecule has 3 heterocycles. The van der Waals surface area contributed by atoms with Crippen molar-refractivity contribution in [2.45, 2.75) is 51.0 Å². The average Bonchev–Trinajstić information content (AvgIpc) is 3.54. The van der Waals surface area contributed by atoms with Gasteiger partial charge in [0, 0.05) is 25.0 Å². The van der Waals surface area contributed by atoms with Gasteiger partial charge in [-0.25, -0.2) is 0 Å². The lowest BCUT2D eigenvalue weighted by molar-refractivity contribution is -0.119. The van der Waals surface area contributed by atoms with Gasteiger partial charge in [0.05, 0.1) is 15.2 Å². The van der Waals surface area contributed by atoms with Crippen LogP contribution < -0.4 is 19.7 Å². The average molecular weight is 580 g/mol. The number of hydrogen-bond acceptors (Lipinski definition) is 7. The zero-order valence-corrected chi connectivity index (χ0v) is 24.9. The number of thioether (sulfide) groups is 2. The number of aromatic nitrogens is 1. The summed E-state index contributed by atoms with van der Waals surface area (Å²) in [5, 5.41) is 1.28. The molecule has 0 saturated carbocycles. The summed E-state index contributed by atoms with van der Waals surface area (Å²) >= 11 is 9.92. The first kappa shape index (κ1) is 25.9. The van der Waals surface area contributed by atoms with Crippen LogP contribution in [0.3, 0.4) is 0 Å². The number of para-hydroxylation sites is 1. The van der Waals surface area contributed by atoms with Gasteiger partial charge in [-0.3, -0.25) is 19.1 Å². The fourth-order valence-corrected chi connectivity index (χ4v) is 9.35. The van der Waals surface area contributed by atoms with E-state index in [4.69, 9.17) is 12.2 Å². The number of benzene rings is 1. The normalized spacial score (nSPS) is 25.1. The Balaban J connectivity index is 1.41. The Kier molecular flexibility index (Phi) is 7.05. The van der Waals surface area contributed by atoms with Crippen LogP contribution >= 0.6 is 47.1 Å². The lowest BCUT2D eigenvalue weighted by Crippen LogP contribution is -2.33. The van der Waals surface area contributed by atoms with Crippen molar-refractivity contribution in [1.29, 1.82) is 0 Å². The second-order valence-corrected chi connectivity index (χ2v) is 13.5. The van der Waals surface area contributed by atoms with Crippen molar-refractivity contribution in [2.24, 2.45) is 5.92 Å². The summed E-state index contributed by atoms with van der Waals surface area (Å²) < 4.78 is 3.75. The molecule has 1 aromatic carbocycles. The first-order chi connectivity index (χ1) is 18.4. The lowest BCUT2D eigenvalue weighted by atomic mass is 9.77. The summed E-state index contributed by atoms with van der Waals surface area (Å²) in [7, 11) is 1.69. The van der Waals surface area contributed by atoms with E-state index in [0.29, 0.717) is 21.7 Å². The molecule has 1 fully saturated rings. The summed E-state index contributed by atoms with van der Waals surface area (Å²) in [6.45, 7) is 5.62. The highest BCUT2D eigenvalue weighted by Crippen LogP contribution is 2.47. The van der Waals surface area contributed by atoms with E-state index in [-0.39, 0.29) is 11.5 Å². The molecular formula is C29H29N3O2S4. The molecule has 2 aromatic rings. The molecule has 0 bridgehead atoms. The minimum atomic E-state index is -0.122. The zero-order valence-electron chi connectivity index (χ0n) is 21.7. The number of rotatable bonds is 3. The van der Waals surface area contributed by atoms with E-state index in [1.165, 1.54) is 54.8 Å². The summed E-state index contributed by atoms with van der Waals surface area (Å²) in [5.74, 6) is 0.416. The maximum absolute atomic E-state index is 13.5. The van der Waals surface area contributed by atoms with Gasteiger partial charge in [-0.1, -0.05) is 60.0 Å². The highest BCUT2D eigenvalue weighted by Gasteiger charge is 2.32. The molecule has 1 saturated heterocycles. The topological polar surface area (TPSA) is 45.5 Å². The van der Waals surface area contributed by atoms with Crippen molar-refractivity contribution in [1.82, 2.24) is 9.47 Å². The van der Waals surface area contributed by atoms with Crippen LogP contribution in [0.1, 0.15) is 39.5 Å². The molecule has 1 unspecified atom stereocenters. The molecule has 4 aliphatic rings. The number of anilines is 1. The number of fused-ring (bicyclic) bond motifs is 2. The van der Waals surface area contributed by atoms with Crippen LogP contribution in [0.25, 0.3) is 10.5 Å². The summed E-state index contributed by atoms with van der Waals surface area (Å²) in [4.78, 5) is 32.0. The largest absolute Gasteiger partial charge is 0.335 e. The van der Waals surface area contributed by atoms with E-state index in [1.54, 1.807) is 11.6 Å². The molecule has 38 heavy (non-hydrogen) atoms. The van der Waals surface area contributed by atoms with Gasteiger partial charge in [0.15, 0.2) is 0 Å². The Hall–Kier alpha value is -2.33. The SMILES string of the molecule is CCN1/C(=C/C2=CC3=C/C(=c4\s/c(=C5\SC(=S)N(C)C5=O)n(CC)c4=O)CCC3CC2)Sc2ccccc21. The van der Waals surface area contributed by atoms with Gasteiger partial charge in [-0.05, 0) is 80.4 Å². The highest BCUT2D eigenvalue weighted by atomic mass is 32.2. The van der Waals surface area contributed by atoms with Gasteiger partial charge < -0.3 is 4.90 Å². The Bertz CT molecular complexity index is 1640. The van der Waals surface area contributed by atoms with Crippen molar-refractivity contribution in [3.63, 3.8) is 0 Å². The van der Waals surface area contributed by atoms with E-state index in [1.807, 2.05) is 18.7 Å². The van der Waals surface area contributed by atoms with E-state index in [0.717, 1.165) is 47.0 Å². The third-order valence-electron chi connectivity index (χ3n) is 7.62. The molecule has 5 nitrogen and oxygen atoms in total. The van der Waals surface area contributed by atoms with Crippen molar-refractivity contribution in [2.75, 3.05) is 18.5 Å². The van der Waals surface area contributed by atoms with Crippen LogP contribution in [0.15, 0.2) is 68.4 Å². The molecule has 0 radical (unpaired) electrons. The number of nitrogens with zero attached hydrogens (tertiary/aromatic N) is 3. The number of carbonyl (C=O) groups is 1. The van der Waals surface area contributed by atoms with Crippen LogP contribution in [-0.2, 0) is 11.3 Å². The number of amides is 1. The van der Waals surface area contributed by atoms with Gasteiger partial charge in [0.25, 0.3) is 11.5 Å². The molecule has 196 valence electrons. The van der Waals surface area contributed by atoms with Crippen molar-refractivity contribution < 1.29 is 4.79 Å². The zero-order chi connectivity index (χ0) is 26.6. The Morgan fingerprint density at radius 3 is 2.58 bits per heavy atom. The molecule has 0 N–H and O–H groups in total. The smallest absolute Gasteiger partial charge is 0.269 e. The Morgan fingerprint density at radius 2 is 1.84 bits per heavy atom. The van der Waals surface area contributed by atoms with Gasteiger partial charge in [0.2, 0.25) is 0 Å². The van der Waals surface area contributed by atoms with Crippen LogP contribution in [0.5, 0.6) is 0 Å². The highest BCUT2D eigenvalue weighted by molar-refractivity contribution is 8.30. The van der Waals surface area contributed by atoms with E-state index in [9.17, 15) is 9.59 Å². The first-order valence-electron chi connectivity index (χ1n) is 13.0. The first-order valence-corrected chi connectivity index (χ1v) is 15.9. The molecule has 0 spiro atoms. The fraction of sp³-hybridized carbons (Fsp3) is 0.345. The van der Waals surface area contributed by atoms with Crippen LogP contribution in [-0.4, -0.2) is 33.3 Å². The lowest BCUT2D eigenvalue weighted by Gasteiger charge is -2.28. The van der Waals surface area contributed by atoms with Crippen molar-refractivity contribution in [3.8, 4) is 0 Å². The van der Waals surface area contributed by atoms with Crippen molar-refractivity contribution >= 4 is 73.5 Å². The van der Waals surface area contributed by atoms with Crippen LogP contribution in [0, 0.1) is 5.92 Å². The second-order valence-electron chi connectivity index (χ2n) is 9.81. The number of carbonyl (C=O) groups excluding carboxylic acids is 1. The second kappa shape index (κ2) is 10.3. The Morgan fingerprint density at radius 1 is 1.05 bits per heavy atom. The molecule has 6 rings (SSSR count). The molecule has 2 aliphatic heterocycles. The van der Waals surface area contributed by atoms with E-state index >= 15 is 0 Å². The minimum Gasteiger partial charge on any atom is -0.335 e. The predicted molar refractivity (Wildman–Crippen MR) is 165 cm³/mol. The van der Waals surface area contributed by atoms with Gasteiger partial charge in [0.1, 0.15) is 13.9 Å². The van der Waals surface area contributed by atoms with Gasteiger partial charge >= 0.3 is 0 Å². The van der Waals surface area contributed by atoms with Crippen LogP contribution in [0.4, 0.5) is 5.69 Å². The maximum atomic E-state index is 13.5. The number of thiocarbonyl (C=S) groups is 1. The molecular weight excluding hydrogens is 551 g/mol. The standard InChI is InChI=1S/C29H29N3O2S4/c1-4-31-21-8-6-7-9-22(21)36-23(31)15-17-10-11-18-12-13-19(16-20(18)14-17)24-27(34)32(5-2)28(37-24)25-26(33)30(3)29(35)38-25/h6-9,14-16,18H,4-5,10-13H2,1-3H3/b23-15-,24-19-,28-25-. The fourth-order valence-electron chi connectivity index (χ4n) is 5.56. The van der Waals surface area contributed by atoms with Crippen LogP contribution in [0.2, 0.25) is 0 Å². The third kappa shape index (κ3) is 4.37. The van der Waals surface area contributed by atoms with Gasteiger partial charge in [-0.2, -0.15) is 0 Å². The molecule has 2 aliphatic carbocycles. The summed E-state index contributed by atoms with van der Waals surface area (Å²) in [6, 6.07) is 8.60. The summed E-state index contributed by atoms with van der Waals surface area (Å²) in [6.07, 6.45) is 11.1. The predicted octanol–water partition coefficient (Wildman–Crippen LogP) is 5.21. The van der Waals surface area contributed by atoms with E-state index < -0.39 is 0 Å². The van der Waals surface area contributed by atoms with Gasteiger partial charge in [-0.15, -0.1) is 11.3 Å². The number of hydrogen-bond donors (Lipinski definition) is 0. The number of allylic oxidation sites excluding steroid dienone is 5. The molecule has 1 amide bonds.